The van der Waals surface area contributed by atoms with Gasteiger partial charge < -0.3 is 9.67 Å². The third-order valence-electron chi connectivity index (χ3n) is 4.49. The first-order chi connectivity index (χ1) is 11.1. The summed E-state index contributed by atoms with van der Waals surface area (Å²) in [5, 5.41) is 11.9. The molecule has 0 atom stereocenters. The number of phenolic OH excluding ortho intramolecular Hbond substituents is 1. The Balaban J connectivity index is 2.01. The van der Waals surface area contributed by atoms with Gasteiger partial charge in [0.2, 0.25) is 0 Å². The summed E-state index contributed by atoms with van der Waals surface area (Å²) in [7, 11) is 0. The molecular formula is C20H22ClNO. The van der Waals surface area contributed by atoms with E-state index in [1.807, 2.05) is 30.3 Å². The van der Waals surface area contributed by atoms with Crippen molar-refractivity contribution in [2.45, 2.75) is 39.7 Å². The van der Waals surface area contributed by atoms with Crippen LogP contribution in [-0.4, -0.2) is 9.67 Å². The van der Waals surface area contributed by atoms with Crippen molar-refractivity contribution in [3.63, 3.8) is 0 Å². The second-order valence-electron chi connectivity index (χ2n) is 6.01. The number of halogens is 1. The van der Waals surface area contributed by atoms with Crippen LogP contribution in [0.5, 0.6) is 5.75 Å². The SMILES string of the molecule is CCCn1c(C)c(CCc2ccccc2Cl)c2cc(O)ccc21. The molecule has 0 spiro atoms. The van der Waals surface area contributed by atoms with E-state index in [4.69, 9.17) is 11.6 Å². The van der Waals surface area contributed by atoms with E-state index in [-0.39, 0.29) is 0 Å². The summed E-state index contributed by atoms with van der Waals surface area (Å²) in [6.45, 7) is 5.36. The van der Waals surface area contributed by atoms with E-state index < -0.39 is 0 Å². The molecule has 3 aromatic rings. The third kappa shape index (κ3) is 3.09. The summed E-state index contributed by atoms with van der Waals surface area (Å²) >= 11 is 6.28. The van der Waals surface area contributed by atoms with E-state index in [0.29, 0.717) is 5.75 Å². The Morgan fingerprint density at radius 1 is 1.09 bits per heavy atom. The predicted molar refractivity (Wildman–Crippen MR) is 97.5 cm³/mol. The topological polar surface area (TPSA) is 25.2 Å². The summed E-state index contributed by atoms with van der Waals surface area (Å²) in [5.74, 6) is 0.324. The van der Waals surface area contributed by atoms with Gasteiger partial charge in [-0.3, -0.25) is 0 Å². The fourth-order valence-corrected chi connectivity index (χ4v) is 3.56. The molecular weight excluding hydrogens is 306 g/mol. The molecule has 23 heavy (non-hydrogen) atoms. The van der Waals surface area contributed by atoms with Gasteiger partial charge in [0.15, 0.2) is 0 Å². The molecule has 0 saturated heterocycles. The lowest BCUT2D eigenvalue weighted by molar-refractivity contribution is 0.476. The van der Waals surface area contributed by atoms with Crippen LogP contribution in [0.3, 0.4) is 0 Å². The average molecular weight is 328 g/mol. The molecule has 3 heteroatoms. The van der Waals surface area contributed by atoms with Crippen LogP contribution >= 0.6 is 11.6 Å². The zero-order valence-electron chi connectivity index (χ0n) is 13.6. The first-order valence-electron chi connectivity index (χ1n) is 8.16. The number of phenols is 1. The predicted octanol–water partition coefficient (Wildman–Crippen LogP) is 5.50. The van der Waals surface area contributed by atoms with Crippen molar-refractivity contribution in [2.75, 3.05) is 0 Å². The normalized spacial score (nSPS) is 11.3. The van der Waals surface area contributed by atoms with E-state index in [9.17, 15) is 5.11 Å². The van der Waals surface area contributed by atoms with Crippen molar-refractivity contribution in [2.24, 2.45) is 0 Å². The summed E-state index contributed by atoms with van der Waals surface area (Å²) in [4.78, 5) is 0. The molecule has 0 bridgehead atoms. The van der Waals surface area contributed by atoms with Gasteiger partial charge in [-0.15, -0.1) is 0 Å². The van der Waals surface area contributed by atoms with Gasteiger partial charge in [-0.25, -0.2) is 0 Å². The summed E-state index contributed by atoms with van der Waals surface area (Å²) in [5.41, 5.74) is 4.98. The molecule has 0 amide bonds. The Labute approximate surface area is 142 Å². The molecule has 1 heterocycles. The number of rotatable bonds is 5. The first kappa shape index (κ1) is 15.9. The Bertz CT molecular complexity index is 835. The van der Waals surface area contributed by atoms with Gasteiger partial charge in [-0.1, -0.05) is 36.7 Å². The lowest BCUT2D eigenvalue weighted by Crippen LogP contribution is -2.00. The fraction of sp³-hybridized carbons (Fsp3) is 0.300. The minimum Gasteiger partial charge on any atom is -0.508 e. The highest BCUT2D eigenvalue weighted by Gasteiger charge is 2.14. The Morgan fingerprint density at radius 2 is 1.87 bits per heavy atom. The number of fused-ring (bicyclic) bond motifs is 1. The largest absolute Gasteiger partial charge is 0.508 e. The lowest BCUT2D eigenvalue weighted by Gasteiger charge is -2.07. The van der Waals surface area contributed by atoms with Gasteiger partial charge in [0.1, 0.15) is 5.75 Å². The molecule has 0 fully saturated rings. The van der Waals surface area contributed by atoms with Crippen molar-refractivity contribution in [3.05, 3.63) is 64.3 Å². The summed E-state index contributed by atoms with van der Waals surface area (Å²) in [6.07, 6.45) is 2.92. The zero-order chi connectivity index (χ0) is 16.4. The highest BCUT2D eigenvalue weighted by atomic mass is 35.5. The molecule has 0 aliphatic carbocycles. The van der Waals surface area contributed by atoms with Gasteiger partial charge in [0, 0.05) is 28.2 Å². The second-order valence-corrected chi connectivity index (χ2v) is 6.42. The van der Waals surface area contributed by atoms with Crippen LogP contribution in [0.1, 0.15) is 30.2 Å². The fourth-order valence-electron chi connectivity index (χ4n) is 3.33. The molecule has 0 unspecified atom stereocenters. The highest BCUT2D eigenvalue weighted by molar-refractivity contribution is 6.31. The maximum absolute atomic E-state index is 9.88. The van der Waals surface area contributed by atoms with Crippen LogP contribution in [-0.2, 0) is 19.4 Å². The van der Waals surface area contributed by atoms with Gasteiger partial charge in [0.05, 0.1) is 0 Å². The van der Waals surface area contributed by atoms with Crippen molar-refractivity contribution >= 4 is 22.5 Å². The molecule has 0 saturated carbocycles. The van der Waals surface area contributed by atoms with E-state index >= 15 is 0 Å². The quantitative estimate of drug-likeness (QED) is 0.657. The molecule has 0 radical (unpaired) electrons. The number of aromatic hydroxyl groups is 1. The van der Waals surface area contributed by atoms with Crippen molar-refractivity contribution in [1.29, 1.82) is 0 Å². The molecule has 1 aromatic heterocycles. The number of hydrogen-bond acceptors (Lipinski definition) is 1. The van der Waals surface area contributed by atoms with E-state index in [2.05, 4.69) is 24.5 Å². The second kappa shape index (κ2) is 6.67. The highest BCUT2D eigenvalue weighted by Crippen LogP contribution is 2.30. The van der Waals surface area contributed by atoms with E-state index in [0.717, 1.165) is 36.2 Å². The molecule has 2 aromatic carbocycles. The van der Waals surface area contributed by atoms with Crippen LogP contribution in [0, 0.1) is 6.92 Å². The lowest BCUT2D eigenvalue weighted by atomic mass is 10.0. The van der Waals surface area contributed by atoms with Gasteiger partial charge >= 0.3 is 0 Å². The minimum absolute atomic E-state index is 0.324. The first-order valence-corrected chi connectivity index (χ1v) is 8.53. The zero-order valence-corrected chi connectivity index (χ0v) is 14.4. The number of aryl methyl sites for hydroxylation is 3. The number of benzene rings is 2. The maximum Gasteiger partial charge on any atom is 0.116 e. The Hall–Kier alpha value is -1.93. The Kier molecular flexibility index (Phi) is 4.63. The maximum atomic E-state index is 9.88. The Morgan fingerprint density at radius 3 is 2.61 bits per heavy atom. The van der Waals surface area contributed by atoms with E-state index in [1.165, 1.54) is 22.3 Å². The smallest absolute Gasteiger partial charge is 0.116 e. The van der Waals surface area contributed by atoms with Gasteiger partial charge in [0.25, 0.3) is 0 Å². The van der Waals surface area contributed by atoms with Gasteiger partial charge in [-0.05, 0) is 61.6 Å². The summed E-state index contributed by atoms with van der Waals surface area (Å²) in [6, 6.07) is 13.7. The van der Waals surface area contributed by atoms with Crippen molar-refractivity contribution < 1.29 is 5.11 Å². The van der Waals surface area contributed by atoms with Crippen LogP contribution in [0.15, 0.2) is 42.5 Å². The molecule has 0 aliphatic heterocycles. The van der Waals surface area contributed by atoms with Gasteiger partial charge in [-0.2, -0.15) is 0 Å². The molecule has 3 rings (SSSR count). The van der Waals surface area contributed by atoms with Crippen LogP contribution in [0.2, 0.25) is 5.02 Å². The standard InChI is InChI=1S/C20H22ClNO/c1-3-12-22-14(2)17(18-13-16(23)9-11-20(18)22)10-8-15-6-4-5-7-19(15)21/h4-7,9,11,13,23H,3,8,10,12H2,1-2H3. The number of hydrogen-bond donors (Lipinski definition) is 1. The molecule has 2 nitrogen and oxygen atoms in total. The minimum atomic E-state index is 0.324. The number of nitrogens with zero attached hydrogens (tertiary/aromatic N) is 1. The average Bonchev–Trinajstić information content (AvgIpc) is 2.79. The number of aromatic nitrogens is 1. The molecule has 1 N–H and O–H groups in total. The third-order valence-corrected chi connectivity index (χ3v) is 4.86. The monoisotopic (exact) mass is 327 g/mol. The van der Waals surface area contributed by atoms with Crippen molar-refractivity contribution in [1.82, 2.24) is 4.57 Å². The van der Waals surface area contributed by atoms with Crippen LogP contribution < -0.4 is 0 Å². The van der Waals surface area contributed by atoms with Crippen LogP contribution in [0.4, 0.5) is 0 Å². The van der Waals surface area contributed by atoms with Crippen LogP contribution in [0.25, 0.3) is 10.9 Å². The summed E-state index contributed by atoms with van der Waals surface area (Å²) < 4.78 is 2.36. The molecule has 0 aliphatic rings. The van der Waals surface area contributed by atoms with E-state index in [1.54, 1.807) is 6.07 Å². The molecule has 120 valence electrons. The van der Waals surface area contributed by atoms with Crippen molar-refractivity contribution in [3.8, 4) is 5.75 Å².